The van der Waals surface area contributed by atoms with Crippen molar-refractivity contribution in [2.75, 3.05) is 25.6 Å². The minimum Gasteiger partial charge on any atom is -0.383 e. The summed E-state index contributed by atoms with van der Waals surface area (Å²) < 4.78 is 5.21. The van der Waals surface area contributed by atoms with E-state index < -0.39 is 11.6 Å². The molecule has 0 saturated heterocycles. The Bertz CT molecular complexity index is 913. The lowest BCUT2D eigenvalue weighted by Gasteiger charge is -2.34. The third-order valence-electron chi connectivity index (χ3n) is 5.40. The van der Waals surface area contributed by atoms with Crippen LogP contribution in [0.5, 0.6) is 0 Å². The molecule has 2 rings (SSSR count). The zero-order chi connectivity index (χ0) is 24.4. The van der Waals surface area contributed by atoms with Crippen molar-refractivity contribution >= 4 is 34.2 Å². The summed E-state index contributed by atoms with van der Waals surface area (Å²) in [4.78, 5) is 44.5. The van der Waals surface area contributed by atoms with Gasteiger partial charge in [-0.15, -0.1) is 11.3 Å². The predicted molar refractivity (Wildman–Crippen MR) is 130 cm³/mol. The molecule has 2 aromatic rings. The molecule has 0 saturated carbocycles. The summed E-state index contributed by atoms with van der Waals surface area (Å²) in [6.45, 7) is 8.35. The summed E-state index contributed by atoms with van der Waals surface area (Å²) >= 11 is 1.31. The third kappa shape index (κ3) is 8.25. The van der Waals surface area contributed by atoms with Crippen molar-refractivity contribution in [3.8, 4) is 0 Å². The molecule has 1 heterocycles. The molecule has 1 unspecified atom stereocenters. The first-order chi connectivity index (χ1) is 15.7. The Kier molecular flexibility index (Phi) is 9.99. The second-order valence-corrected chi connectivity index (χ2v) is 9.40. The maximum Gasteiger partial charge on any atom is 0.247 e. The number of carbonyl (C=O) groups excluding carboxylic acids is 3. The first kappa shape index (κ1) is 26.5. The number of rotatable bonds is 12. The van der Waals surface area contributed by atoms with Crippen molar-refractivity contribution in [3.05, 3.63) is 47.0 Å². The molecule has 0 aliphatic rings. The molecule has 1 aromatic carbocycles. The molecule has 1 atom stereocenters. The van der Waals surface area contributed by atoms with E-state index in [1.807, 2.05) is 52.0 Å². The van der Waals surface area contributed by atoms with Crippen molar-refractivity contribution in [1.29, 1.82) is 0 Å². The molecule has 33 heavy (non-hydrogen) atoms. The number of hydrogen-bond donors (Lipinski definition) is 2. The van der Waals surface area contributed by atoms with Gasteiger partial charge in [-0.3, -0.25) is 14.4 Å². The summed E-state index contributed by atoms with van der Waals surface area (Å²) in [5.74, 6) is -0.854. The number of nitrogens with zero attached hydrogens (tertiary/aromatic N) is 2. The molecular weight excluding hydrogens is 440 g/mol. The Labute approximate surface area is 199 Å². The van der Waals surface area contributed by atoms with Crippen molar-refractivity contribution in [3.63, 3.8) is 0 Å². The Morgan fingerprint density at radius 1 is 1.18 bits per heavy atom. The van der Waals surface area contributed by atoms with Gasteiger partial charge in [-0.25, -0.2) is 4.98 Å². The molecule has 2 N–H and O–H groups in total. The minimum atomic E-state index is -0.832. The normalized spacial score (nSPS) is 12.2. The molecule has 3 amide bonds. The largest absolute Gasteiger partial charge is 0.383 e. The molecule has 9 heteroatoms. The van der Waals surface area contributed by atoms with E-state index in [1.54, 1.807) is 18.7 Å². The van der Waals surface area contributed by atoms with E-state index in [2.05, 4.69) is 15.6 Å². The fraction of sp³-hybridized carbons (Fsp3) is 0.500. The fourth-order valence-electron chi connectivity index (χ4n) is 3.13. The monoisotopic (exact) mass is 474 g/mol. The number of ether oxygens (including phenoxy) is 1. The van der Waals surface area contributed by atoms with Gasteiger partial charge in [0.25, 0.3) is 0 Å². The molecule has 0 fully saturated rings. The summed E-state index contributed by atoms with van der Waals surface area (Å²) in [5, 5.41) is 8.00. The van der Waals surface area contributed by atoms with Crippen molar-refractivity contribution in [2.24, 2.45) is 0 Å². The van der Waals surface area contributed by atoms with Gasteiger partial charge in [0.2, 0.25) is 17.7 Å². The van der Waals surface area contributed by atoms with Crippen LogP contribution in [0.1, 0.15) is 57.2 Å². The first-order valence-corrected chi connectivity index (χ1v) is 11.9. The van der Waals surface area contributed by atoms with Crippen molar-refractivity contribution in [1.82, 2.24) is 15.2 Å². The molecule has 1 aromatic heterocycles. The van der Waals surface area contributed by atoms with E-state index in [1.165, 1.54) is 16.2 Å². The van der Waals surface area contributed by atoms with Crippen LogP contribution in [0.15, 0.2) is 35.8 Å². The van der Waals surface area contributed by atoms with E-state index in [4.69, 9.17) is 4.74 Å². The van der Waals surface area contributed by atoms with Gasteiger partial charge in [0.1, 0.15) is 6.04 Å². The van der Waals surface area contributed by atoms with Gasteiger partial charge >= 0.3 is 0 Å². The number of hydrogen-bond acceptors (Lipinski definition) is 6. The Balaban J connectivity index is 2.25. The second kappa shape index (κ2) is 12.5. The lowest BCUT2D eigenvalue weighted by atomic mass is 9.98. The van der Waals surface area contributed by atoms with Gasteiger partial charge in [-0.2, -0.15) is 0 Å². The average molecular weight is 475 g/mol. The molecule has 0 bridgehead atoms. The van der Waals surface area contributed by atoms with E-state index in [0.717, 1.165) is 12.0 Å². The highest BCUT2D eigenvalue weighted by atomic mass is 32.1. The van der Waals surface area contributed by atoms with Gasteiger partial charge in [0.05, 0.1) is 6.61 Å². The number of methoxy groups -OCH3 is 1. The van der Waals surface area contributed by atoms with Crippen molar-refractivity contribution in [2.45, 2.75) is 58.5 Å². The number of thiazole rings is 1. The number of benzene rings is 1. The highest BCUT2D eigenvalue weighted by Gasteiger charge is 2.33. The van der Waals surface area contributed by atoms with E-state index in [-0.39, 0.29) is 43.7 Å². The SMILES string of the molecule is CCC(C)(C)NC(=O)C(c1ccc(C)cc1)N(CCOC)C(=O)CCC(=O)Nc1nccs1. The average Bonchev–Trinajstić information content (AvgIpc) is 3.28. The summed E-state index contributed by atoms with van der Waals surface area (Å²) in [7, 11) is 1.55. The highest BCUT2D eigenvalue weighted by molar-refractivity contribution is 7.13. The third-order valence-corrected chi connectivity index (χ3v) is 6.09. The molecule has 0 aliphatic carbocycles. The van der Waals surface area contributed by atoms with Crippen LogP contribution < -0.4 is 10.6 Å². The molecule has 0 spiro atoms. The highest BCUT2D eigenvalue weighted by Crippen LogP contribution is 2.25. The topological polar surface area (TPSA) is 101 Å². The maximum absolute atomic E-state index is 13.4. The first-order valence-electron chi connectivity index (χ1n) is 11.0. The van der Waals surface area contributed by atoms with E-state index >= 15 is 0 Å². The Morgan fingerprint density at radius 2 is 1.88 bits per heavy atom. The van der Waals surface area contributed by atoms with Crippen LogP contribution in [0.2, 0.25) is 0 Å². The minimum absolute atomic E-state index is 0.00934. The molecular formula is C24H34N4O4S. The number of carbonyl (C=O) groups is 3. The number of aryl methyl sites for hydroxylation is 1. The summed E-state index contributed by atoms with van der Waals surface area (Å²) in [6.07, 6.45) is 2.29. The van der Waals surface area contributed by atoms with Crippen LogP contribution in [0.4, 0.5) is 5.13 Å². The molecule has 180 valence electrons. The van der Waals surface area contributed by atoms with Crippen LogP contribution in [0.3, 0.4) is 0 Å². The Hall–Kier alpha value is -2.78. The zero-order valence-electron chi connectivity index (χ0n) is 20.0. The van der Waals surface area contributed by atoms with Crippen LogP contribution in [-0.4, -0.2) is 53.4 Å². The van der Waals surface area contributed by atoms with E-state index in [9.17, 15) is 14.4 Å². The standard InChI is InChI=1S/C24H34N4O4S/c1-6-24(3,4)27-22(31)21(18-9-7-17(2)8-10-18)28(14-15-32-5)20(30)12-11-19(29)26-23-25-13-16-33-23/h7-10,13,16,21H,6,11-12,14-15H2,1-5H3,(H,27,31)(H,25,26,29). The van der Waals surface area contributed by atoms with Crippen LogP contribution in [0, 0.1) is 6.92 Å². The van der Waals surface area contributed by atoms with Gasteiger partial charge in [0, 0.05) is 43.6 Å². The molecule has 0 aliphatic heterocycles. The molecule has 8 nitrogen and oxygen atoms in total. The van der Waals surface area contributed by atoms with Crippen LogP contribution in [0.25, 0.3) is 0 Å². The quantitative estimate of drug-likeness (QED) is 0.489. The smallest absolute Gasteiger partial charge is 0.247 e. The molecule has 0 radical (unpaired) electrons. The lowest BCUT2D eigenvalue weighted by molar-refractivity contribution is -0.142. The number of nitrogens with one attached hydrogen (secondary N) is 2. The maximum atomic E-state index is 13.4. The summed E-state index contributed by atoms with van der Waals surface area (Å²) in [6, 6.07) is 6.73. The van der Waals surface area contributed by atoms with Gasteiger partial charge in [-0.05, 0) is 32.8 Å². The fourth-order valence-corrected chi connectivity index (χ4v) is 3.68. The lowest BCUT2D eigenvalue weighted by Crippen LogP contribution is -2.51. The van der Waals surface area contributed by atoms with E-state index in [0.29, 0.717) is 10.7 Å². The second-order valence-electron chi connectivity index (χ2n) is 8.51. The van der Waals surface area contributed by atoms with Crippen molar-refractivity contribution < 1.29 is 19.1 Å². The van der Waals surface area contributed by atoms with Crippen LogP contribution >= 0.6 is 11.3 Å². The zero-order valence-corrected chi connectivity index (χ0v) is 20.8. The number of anilines is 1. The van der Waals surface area contributed by atoms with Gasteiger partial charge < -0.3 is 20.3 Å². The van der Waals surface area contributed by atoms with Crippen LogP contribution in [-0.2, 0) is 19.1 Å². The number of aromatic nitrogens is 1. The number of amides is 3. The Morgan fingerprint density at radius 3 is 2.45 bits per heavy atom. The summed E-state index contributed by atoms with van der Waals surface area (Å²) in [5.41, 5.74) is 1.34. The predicted octanol–water partition coefficient (Wildman–Crippen LogP) is 3.69. The van der Waals surface area contributed by atoms with Gasteiger partial charge in [0.15, 0.2) is 5.13 Å². The van der Waals surface area contributed by atoms with Gasteiger partial charge in [-0.1, -0.05) is 36.8 Å².